The molecule has 18 heavy (non-hydrogen) atoms. The highest BCUT2D eigenvalue weighted by Crippen LogP contribution is 2.29. The van der Waals surface area contributed by atoms with Crippen LogP contribution in [0.1, 0.15) is 13.8 Å². The summed E-state index contributed by atoms with van der Waals surface area (Å²) in [7, 11) is 0. The number of aliphatic hydroxyl groups excluding tert-OH is 4. The van der Waals surface area contributed by atoms with Gasteiger partial charge in [-0.2, -0.15) is 0 Å². The Morgan fingerprint density at radius 2 is 1.39 bits per heavy atom. The highest BCUT2D eigenvalue weighted by molar-refractivity contribution is 6.09. The van der Waals surface area contributed by atoms with E-state index >= 15 is 0 Å². The van der Waals surface area contributed by atoms with Crippen LogP contribution in [-0.4, -0.2) is 73.4 Å². The molecule has 0 saturated carbocycles. The molecule has 0 amide bonds. The van der Waals surface area contributed by atoms with Gasteiger partial charge >= 0.3 is 0 Å². The number of ketones is 2. The molecule has 104 valence electrons. The van der Waals surface area contributed by atoms with Gasteiger partial charge in [0.15, 0.2) is 17.9 Å². The van der Waals surface area contributed by atoms with Crippen molar-refractivity contribution in [3.63, 3.8) is 0 Å². The van der Waals surface area contributed by atoms with Crippen molar-refractivity contribution in [2.75, 3.05) is 0 Å². The van der Waals surface area contributed by atoms with Crippen molar-refractivity contribution in [1.82, 2.24) is 0 Å². The number of aliphatic hydroxyl groups is 5. The normalized spacial score (nSPS) is 37.4. The van der Waals surface area contributed by atoms with E-state index < -0.39 is 47.9 Å². The van der Waals surface area contributed by atoms with Crippen LogP contribution in [0.3, 0.4) is 0 Å². The lowest BCUT2D eigenvalue weighted by molar-refractivity contribution is -0.303. The first-order chi connectivity index (χ1) is 8.13. The number of hydrogen-bond donors (Lipinski definition) is 5. The lowest BCUT2D eigenvalue weighted by Gasteiger charge is -2.43. The van der Waals surface area contributed by atoms with Gasteiger partial charge in [-0.25, -0.2) is 0 Å². The SMILES string of the molecule is CC(=O)C(O)(C(C)=O)[C@H]1OC(O)[C@H](O)[C@@H](O)[C@@H]1O. The van der Waals surface area contributed by atoms with E-state index in [0.29, 0.717) is 0 Å². The molecule has 0 aromatic heterocycles. The third kappa shape index (κ3) is 2.18. The first-order valence-corrected chi connectivity index (χ1v) is 5.26. The van der Waals surface area contributed by atoms with Gasteiger partial charge in [-0.15, -0.1) is 0 Å². The molecule has 5 N–H and O–H groups in total. The zero-order chi connectivity index (χ0) is 14.2. The summed E-state index contributed by atoms with van der Waals surface area (Å²) in [5.41, 5.74) is -2.69. The van der Waals surface area contributed by atoms with Crippen molar-refractivity contribution in [3.05, 3.63) is 0 Å². The van der Waals surface area contributed by atoms with Crippen molar-refractivity contribution in [3.8, 4) is 0 Å². The Kier molecular flexibility index (Phi) is 4.21. The van der Waals surface area contributed by atoms with Gasteiger partial charge in [0.05, 0.1) is 0 Å². The zero-order valence-electron chi connectivity index (χ0n) is 9.85. The minimum atomic E-state index is -2.69. The van der Waals surface area contributed by atoms with Crippen molar-refractivity contribution in [2.24, 2.45) is 0 Å². The van der Waals surface area contributed by atoms with Gasteiger partial charge in [0, 0.05) is 0 Å². The Hall–Kier alpha value is -0.900. The summed E-state index contributed by atoms with van der Waals surface area (Å²) in [6.45, 7) is 1.81. The number of ether oxygens (including phenoxy) is 1. The van der Waals surface area contributed by atoms with Gasteiger partial charge in [0.25, 0.3) is 0 Å². The van der Waals surface area contributed by atoms with Gasteiger partial charge in [-0.05, 0) is 13.8 Å². The summed E-state index contributed by atoms with van der Waals surface area (Å²) in [6, 6.07) is 0. The summed E-state index contributed by atoms with van der Waals surface area (Å²) in [5.74, 6) is -2.01. The van der Waals surface area contributed by atoms with Crippen LogP contribution in [0.4, 0.5) is 0 Å². The number of carbonyl (C=O) groups excluding carboxylic acids is 2. The van der Waals surface area contributed by atoms with Crippen LogP contribution in [0.25, 0.3) is 0 Å². The van der Waals surface area contributed by atoms with E-state index in [1.807, 2.05) is 0 Å². The van der Waals surface area contributed by atoms with Crippen LogP contribution in [0.2, 0.25) is 0 Å². The second-order valence-corrected chi connectivity index (χ2v) is 4.30. The molecule has 1 rings (SSSR count). The first kappa shape index (κ1) is 15.2. The van der Waals surface area contributed by atoms with E-state index in [4.69, 9.17) is 0 Å². The molecular weight excluding hydrogens is 248 g/mol. The summed E-state index contributed by atoms with van der Waals surface area (Å²) < 4.78 is 4.67. The fourth-order valence-corrected chi connectivity index (χ4v) is 1.86. The fourth-order valence-electron chi connectivity index (χ4n) is 1.86. The van der Waals surface area contributed by atoms with Crippen LogP contribution in [0.15, 0.2) is 0 Å². The Morgan fingerprint density at radius 3 is 1.78 bits per heavy atom. The molecular formula is C10H16O8. The van der Waals surface area contributed by atoms with Crippen molar-refractivity contribution >= 4 is 11.6 Å². The summed E-state index contributed by atoms with van der Waals surface area (Å²) in [6.07, 6.45) is -9.36. The molecule has 8 heteroatoms. The largest absolute Gasteiger partial charge is 0.387 e. The Balaban J connectivity index is 3.14. The maximum Gasteiger partial charge on any atom is 0.209 e. The van der Waals surface area contributed by atoms with Crippen molar-refractivity contribution < 1.29 is 39.9 Å². The average molecular weight is 264 g/mol. The van der Waals surface area contributed by atoms with E-state index in [9.17, 15) is 35.1 Å². The number of carbonyl (C=O) groups is 2. The highest BCUT2D eigenvalue weighted by atomic mass is 16.6. The third-order valence-corrected chi connectivity index (χ3v) is 3.07. The first-order valence-electron chi connectivity index (χ1n) is 5.26. The minimum Gasteiger partial charge on any atom is -0.387 e. The predicted octanol–water partition coefficient (Wildman–Crippen LogP) is -3.30. The van der Waals surface area contributed by atoms with E-state index in [1.54, 1.807) is 0 Å². The van der Waals surface area contributed by atoms with E-state index in [1.165, 1.54) is 0 Å². The van der Waals surface area contributed by atoms with Crippen LogP contribution >= 0.6 is 0 Å². The highest BCUT2D eigenvalue weighted by Gasteiger charge is 2.56. The molecule has 1 fully saturated rings. The number of Topliss-reactive ketones (excluding diaryl/α,β-unsaturated/α-hetero) is 2. The van der Waals surface area contributed by atoms with Gasteiger partial charge in [0.1, 0.15) is 24.4 Å². The van der Waals surface area contributed by atoms with Crippen LogP contribution in [0.5, 0.6) is 0 Å². The fraction of sp³-hybridized carbons (Fsp3) is 0.800. The quantitative estimate of drug-likeness (QED) is 0.333. The Labute approximate surface area is 102 Å². The molecule has 1 saturated heterocycles. The average Bonchev–Trinajstić information content (AvgIpc) is 2.29. The van der Waals surface area contributed by atoms with E-state index in [2.05, 4.69) is 4.74 Å². The zero-order valence-corrected chi connectivity index (χ0v) is 9.85. The van der Waals surface area contributed by atoms with Crippen molar-refractivity contribution in [2.45, 2.75) is 50.2 Å². The minimum absolute atomic E-state index is 0.904. The summed E-state index contributed by atoms with van der Waals surface area (Å²) in [4.78, 5) is 22.7. The Bertz CT molecular complexity index is 340. The van der Waals surface area contributed by atoms with E-state index in [-0.39, 0.29) is 0 Å². The number of rotatable bonds is 3. The van der Waals surface area contributed by atoms with Gasteiger partial charge in [0.2, 0.25) is 5.60 Å². The summed E-state index contributed by atoms with van der Waals surface area (Å²) in [5, 5.41) is 47.6. The second-order valence-electron chi connectivity index (χ2n) is 4.30. The molecule has 1 heterocycles. The van der Waals surface area contributed by atoms with Crippen molar-refractivity contribution in [1.29, 1.82) is 0 Å². The molecule has 0 aromatic rings. The smallest absolute Gasteiger partial charge is 0.209 e. The number of hydrogen-bond acceptors (Lipinski definition) is 8. The maximum absolute atomic E-state index is 11.4. The van der Waals surface area contributed by atoms with Gasteiger partial charge in [-0.1, -0.05) is 0 Å². The lowest BCUT2D eigenvalue weighted by atomic mass is 9.81. The van der Waals surface area contributed by atoms with Crippen LogP contribution in [0, 0.1) is 0 Å². The molecule has 0 bridgehead atoms. The molecule has 1 unspecified atom stereocenters. The van der Waals surface area contributed by atoms with Gasteiger partial charge < -0.3 is 30.3 Å². The maximum atomic E-state index is 11.4. The molecule has 0 spiro atoms. The molecule has 0 radical (unpaired) electrons. The summed E-state index contributed by atoms with van der Waals surface area (Å²) >= 11 is 0. The second kappa shape index (κ2) is 5.00. The van der Waals surface area contributed by atoms with E-state index in [0.717, 1.165) is 13.8 Å². The van der Waals surface area contributed by atoms with Crippen LogP contribution in [-0.2, 0) is 14.3 Å². The predicted molar refractivity (Wildman–Crippen MR) is 55.2 cm³/mol. The third-order valence-electron chi connectivity index (χ3n) is 3.07. The molecule has 8 nitrogen and oxygen atoms in total. The molecule has 0 aromatic carbocycles. The van der Waals surface area contributed by atoms with Gasteiger partial charge in [-0.3, -0.25) is 9.59 Å². The molecule has 1 aliphatic heterocycles. The molecule has 5 atom stereocenters. The topological polar surface area (TPSA) is 145 Å². The molecule has 1 aliphatic rings. The molecule has 0 aliphatic carbocycles. The Morgan fingerprint density at radius 1 is 0.944 bits per heavy atom. The monoisotopic (exact) mass is 264 g/mol. The van der Waals surface area contributed by atoms with Crippen LogP contribution < -0.4 is 0 Å². The lowest BCUT2D eigenvalue weighted by Crippen LogP contribution is -2.68. The standard InChI is InChI=1S/C10H16O8/c1-3(11)10(17,4(2)12)8-6(14)5(13)7(15)9(16)18-8/h5-9,13-17H,1-2H3/t5-,6-,7+,8-,9?/m0/s1.